The van der Waals surface area contributed by atoms with Crippen molar-refractivity contribution in [1.29, 1.82) is 0 Å². The molecule has 80 valence electrons. The third kappa shape index (κ3) is 1.37. The fraction of sp³-hybridized carbons (Fsp3) is 0.571. The zero-order valence-electron chi connectivity index (χ0n) is 9.26. The second-order valence-electron chi connectivity index (χ2n) is 5.26. The Balaban J connectivity index is 2.05. The Morgan fingerprint density at radius 1 is 1.00 bits per heavy atom. The molecule has 0 unspecified atom stereocenters. The van der Waals surface area contributed by atoms with Crippen molar-refractivity contribution in [2.45, 2.75) is 50.4 Å². The van der Waals surface area contributed by atoms with Gasteiger partial charge in [0.2, 0.25) is 0 Å². The summed E-state index contributed by atoms with van der Waals surface area (Å²) >= 11 is 0. The van der Waals surface area contributed by atoms with Crippen LogP contribution in [-0.4, -0.2) is 0 Å². The lowest BCUT2D eigenvalue weighted by atomic mass is 9.70. The van der Waals surface area contributed by atoms with E-state index in [1.165, 1.54) is 44.9 Å². The van der Waals surface area contributed by atoms with E-state index in [0.717, 1.165) is 5.69 Å². The van der Waals surface area contributed by atoms with Crippen molar-refractivity contribution in [3.63, 3.8) is 0 Å². The van der Waals surface area contributed by atoms with E-state index in [2.05, 4.69) is 18.2 Å². The minimum atomic E-state index is 0.517. The van der Waals surface area contributed by atoms with Crippen LogP contribution in [0, 0.1) is 0 Å². The first kappa shape index (κ1) is 9.26. The number of fused-ring (bicyclic) bond motifs is 2. The van der Waals surface area contributed by atoms with Crippen molar-refractivity contribution in [2.24, 2.45) is 0 Å². The summed E-state index contributed by atoms with van der Waals surface area (Å²) in [4.78, 5) is 0. The maximum absolute atomic E-state index is 5.92. The molecule has 1 aromatic rings. The molecule has 0 bridgehead atoms. The normalized spacial score (nSPS) is 22.9. The van der Waals surface area contributed by atoms with Crippen molar-refractivity contribution >= 4 is 5.69 Å². The van der Waals surface area contributed by atoms with Crippen LogP contribution in [0.15, 0.2) is 18.2 Å². The van der Waals surface area contributed by atoms with Gasteiger partial charge in [0.25, 0.3) is 0 Å². The first-order valence-corrected chi connectivity index (χ1v) is 6.19. The molecule has 0 radical (unpaired) electrons. The summed E-state index contributed by atoms with van der Waals surface area (Å²) < 4.78 is 0. The molecule has 1 heteroatoms. The van der Waals surface area contributed by atoms with Gasteiger partial charge in [0.15, 0.2) is 0 Å². The Morgan fingerprint density at radius 3 is 2.60 bits per heavy atom. The number of nitrogen functional groups attached to an aromatic ring is 1. The van der Waals surface area contributed by atoms with Crippen LogP contribution in [0.4, 0.5) is 5.69 Å². The molecule has 3 rings (SSSR count). The maximum atomic E-state index is 5.92. The van der Waals surface area contributed by atoms with Crippen LogP contribution in [-0.2, 0) is 11.8 Å². The first-order valence-electron chi connectivity index (χ1n) is 6.19. The van der Waals surface area contributed by atoms with Gasteiger partial charge in [-0.3, -0.25) is 0 Å². The fourth-order valence-corrected chi connectivity index (χ4v) is 3.56. The zero-order valence-corrected chi connectivity index (χ0v) is 9.26. The van der Waals surface area contributed by atoms with E-state index in [0.29, 0.717) is 5.41 Å². The van der Waals surface area contributed by atoms with E-state index in [1.807, 2.05) is 0 Å². The maximum Gasteiger partial charge on any atom is 0.0317 e. The predicted molar refractivity (Wildman–Crippen MR) is 63.9 cm³/mol. The van der Waals surface area contributed by atoms with Gasteiger partial charge in [0, 0.05) is 5.69 Å². The third-order valence-corrected chi connectivity index (χ3v) is 4.39. The lowest BCUT2D eigenvalue weighted by Crippen LogP contribution is -2.26. The van der Waals surface area contributed by atoms with Crippen LogP contribution in [0.3, 0.4) is 0 Å². The standard InChI is InChI=1S/C14H19N/c15-12-5-4-11-6-9-14(13(11)10-12)7-2-1-3-8-14/h4-5,10H,1-3,6-9,15H2. The van der Waals surface area contributed by atoms with Gasteiger partial charge in [-0.25, -0.2) is 0 Å². The van der Waals surface area contributed by atoms with Crippen molar-refractivity contribution in [1.82, 2.24) is 0 Å². The number of aryl methyl sites for hydroxylation is 1. The molecule has 2 aliphatic rings. The molecule has 1 nitrogen and oxygen atoms in total. The summed E-state index contributed by atoms with van der Waals surface area (Å²) in [5.41, 5.74) is 10.5. The number of hydrogen-bond donors (Lipinski definition) is 1. The summed E-state index contributed by atoms with van der Waals surface area (Å²) in [7, 11) is 0. The summed E-state index contributed by atoms with van der Waals surface area (Å²) in [5.74, 6) is 0. The predicted octanol–water partition coefficient (Wildman–Crippen LogP) is 3.42. The van der Waals surface area contributed by atoms with Crippen LogP contribution in [0.1, 0.15) is 49.7 Å². The van der Waals surface area contributed by atoms with Gasteiger partial charge in [0.1, 0.15) is 0 Å². The molecule has 0 atom stereocenters. The Morgan fingerprint density at radius 2 is 1.80 bits per heavy atom. The second kappa shape index (κ2) is 3.26. The molecule has 0 aliphatic heterocycles. The lowest BCUT2D eigenvalue weighted by Gasteiger charge is -2.34. The average molecular weight is 201 g/mol. The minimum absolute atomic E-state index is 0.517. The van der Waals surface area contributed by atoms with E-state index in [1.54, 1.807) is 11.1 Å². The number of rotatable bonds is 0. The van der Waals surface area contributed by atoms with Crippen LogP contribution < -0.4 is 5.73 Å². The number of anilines is 1. The smallest absolute Gasteiger partial charge is 0.0317 e. The molecule has 15 heavy (non-hydrogen) atoms. The Kier molecular flexibility index (Phi) is 2.01. The van der Waals surface area contributed by atoms with E-state index < -0.39 is 0 Å². The van der Waals surface area contributed by atoms with Gasteiger partial charge in [-0.15, -0.1) is 0 Å². The average Bonchev–Trinajstić information content (AvgIpc) is 2.59. The largest absolute Gasteiger partial charge is 0.399 e. The highest BCUT2D eigenvalue weighted by molar-refractivity contribution is 5.50. The molecule has 0 saturated heterocycles. The van der Waals surface area contributed by atoms with E-state index >= 15 is 0 Å². The number of benzene rings is 1. The lowest BCUT2D eigenvalue weighted by molar-refractivity contribution is 0.292. The molecule has 1 saturated carbocycles. The van der Waals surface area contributed by atoms with Crippen molar-refractivity contribution in [3.8, 4) is 0 Å². The van der Waals surface area contributed by atoms with Gasteiger partial charge < -0.3 is 5.73 Å². The molecular formula is C14H19N. The quantitative estimate of drug-likeness (QED) is 0.639. The SMILES string of the molecule is Nc1ccc2c(c1)C1(CCCCC1)CC2. The summed E-state index contributed by atoms with van der Waals surface area (Å²) in [5, 5.41) is 0. The van der Waals surface area contributed by atoms with Gasteiger partial charge >= 0.3 is 0 Å². The van der Waals surface area contributed by atoms with Crippen LogP contribution in [0.2, 0.25) is 0 Å². The molecule has 0 aromatic heterocycles. The molecule has 1 aromatic carbocycles. The molecule has 2 aliphatic carbocycles. The van der Waals surface area contributed by atoms with Crippen LogP contribution in [0.5, 0.6) is 0 Å². The molecule has 0 heterocycles. The van der Waals surface area contributed by atoms with Gasteiger partial charge in [-0.1, -0.05) is 25.3 Å². The van der Waals surface area contributed by atoms with E-state index in [-0.39, 0.29) is 0 Å². The number of nitrogens with two attached hydrogens (primary N) is 1. The molecule has 1 spiro atoms. The van der Waals surface area contributed by atoms with Crippen LogP contribution >= 0.6 is 0 Å². The Labute approximate surface area is 91.7 Å². The summed E-state index contributed by atoms with van der Waals surface area (Å²) in [6.45, 7) is 0. The second-order valence-corrected chi connectivity index (χ2v) is 5.26. The highest BCUT2D eigenvalue weighted by Gasteiger charge is 2.39. The van der Waals surface area contributed by atoms with Crippen molar-refractivity contribution in [2.75, 3.05) is 5.73 Å². The fourth-order valence-electron chi connectivity index (χ4n) is 3.56. The molecular weight excluding hydrogens is 182 g/mol. The highest BCUT2D eigenvalue weighted by atomic mass is 14.6. The van der Waals surface area contributed by atoms with Crippen LogP contribution in [0.25, 0.3) is 0 Å². The molecule has 0 amide bonds. The highest BCUT2D eigenvalue weighted by Crippen LogP contribution is 2.49. The minimum Gasteiger partial charge on any atom is -0.399 e. The van der Waals surface area contributed by atoms with Gasteiger partial charge in [-0.05, 0) is 54.4 Å². The summed E-state index contributed by atoms with van der Waals surface area (Å²) in [6.07, 6.45) is 9.68. The Hall–Kier alpha value is -0.980. The van der Waals surface area contributed by atoms with Crippen molar-refractivity contribution in [3.05, 3.63) is 29.3 Å². The first-order chi connectivity index (χ1) is 7.30. The zero-order chi connectivity index (χ0) is 10.3. The molecule has 1 fully saturated rings. The topological polar surface area (TPSA) is 26.0 Å². The van der Waals surface area contributed by atoms with Gasteiger partial charge in [0.05, 0.1) is 0 Å². The number of hydrogen-bond acceptors (Lipinski definition) is 1. The van der Waals surface area contributed by atoms with E-state index in [9.17, 15) is 0 Å². The Bertz CT molecular complexity index is 369. The van der Waals surface area contributed by atoms with Gasteiger partial charge in [-0.2, -0.15) is 0 Å². The third-order valence-electron chi connectivity index (χ3n) is 4.39. The summed E-state index contributed by atoms with van der Waals surface area (Å²) in [6, 6.07) is 6.54. The van der Waals surface area contributed by atoms with Crippen molar-refractivity contribution < 1.29 is 0 Å². The van der Waals surface area contributed by atoms with E-state index in [4.69, 9.17) is 5.73 Å². The monoisotopic (exact) mass is 201 g/mol. The molecule has 2 N–H and O–H groups in total.